The van der Waals surface area contributed by atoms with Crippen LogP contribution in [0.4, 0.5) is 4.79 Å². The molecule has 0 spiro atoms. The molecule has 0 saturated carbocycles. The Hall–Kier alpha value is -3.06. The van der Waals surface area contributed by atoms with E-state index in [-0.39, 0.29) is 19.8 Å². The number of ether oxygens (including phenoxy) is 4. The number of carbonyl (C=O) groups is 2. The van der Waals surface area contributed by atoms with Crippen LogP contribution in [-0.2, 0) is 31.8 Å². The van der Waals surface area contributed by atoms with Crippen LogP contribution in [0.15, 0.2) is 54.6 Å². The second kappa shape index (κ2) is 12.1. The van der Waals surface area contributed by atoms with E-state index in [4.69, 9.17) is 18.9 Å². The lowest BCUT2D eigenvalue weighted by molar-refractivity contribution is -0.151. The van der Waals surface area contributed by atoms with Gasteiger partial charge in [-0.25, -0.2) is 9.59 Å². The van der Waals surface area contributed by atoms with Crippen molar-refractivity contribution in [2.75, 3.05) is 27.6 Å². The van der Waals surface area contributed by atoms with Crippen molar-refractivity contribution in [3.05, 3.63) is 65.7 Å². The van der Waals surface area contributed by atoms with Crippen molar-refractivity contribution < 1.29 is 28.5 Å². The fraction of sp³-hybridized carbons (Fsp3) is 0.440. The first kappa shape index (κ1) is 25.2. The molecule has 2 aromatic carbocycles. The van der Waals surface area contributed by atoms with E-state index in [2.05, 4.69) is 0 Å². The Labute approximate surface area is 190 Å². The SMILES string of the molecule is COCN(C(=O)OC(C)(C)C)[C@@H](Cc1ccccc1)C(=O)OCCc1ccccc1OC. The summed E-state index contributed by atoms with van der Waals surface area (Å²) >= 11 is 0. The summed E-state index contributed by atoms with van der Waals surface area (Å²) in [7, 11) is 3.06. The van der Waals surface area contributed by atoms with Gasteiger partial charge in [-0.3, -0.25) is 4.90 Å². The Balaban J connectivity index is 2.18. The molecule has 0 saturated heterocycles. The summed E-state index contributed by atoms with van der Waals surface area (Å²) in [6, 6.07) is 16.1. The van der Waals surface area contributed by atoms with Crippen LogP contribution in [0.5, 0.6) is 5.75 Å². The summed E-state index contributed by atoms with van der Waals surface area (Å²) in [6.45, 7) is 5.36. The van der Waals surface area contributed by atoms with Gasteiger partial charge < -0.3 is 18.9 Å². The number of rotatable bonds is 10. The minimum absolute atomic E-state index is 0.103. The van der Waals surface area contributed by atoms with E-state index in [0.29, 0.717) is 6.42 Å². The molecule has 1 atom stereocenters. The van der Waals surface area contributed by atoms with Gasteiger partial charge in [-0.15, -0.1) is 0 Å². The first-order valence-electron chi connectivity index (χ1n) is 10.6. The highest BCUT2D eigenvalue weighted by Gasteiger charge is 2.34. The summed E-state index contributed by atoms with van der Waals surface area (Å²) in [6.07, 6.45) is 0.128. The van der Waals surface area contributed by atoms with Crippen LogP contribution in [-0.4, -0.2) is 56.2 Å². The summed E-state index contributed by atoms with van der Waals surface area (Å²) in [5, 5.41) is 0. The molecule has 2 rings (SSSR count). The van der Waals surface area contributed by atoms with Crippen LogP contribution < -0.4 is 4.74 Å². The number of amides is 1. The molecule has 7 heteroatoms. The van der Waals surface area contributed by atoms with E-state index in [0.717, 1.165) is 16.9 Å². The molecule has 0 aliphatic carbocycles. The fourth-order valence-corrected chi connectivity index (χ4v) is 3.15. The molecule has 0 N–H and O–H groups in total. The molecule has 0 unspecified atom stereocenters. The summed E-state index contributed by atoms with van der Waals surface area (Å²) in [5.74, 6) is 0.214. The lowest BCUT2D eigenvalue weighted by Gasteiger charge is -2.31. The average molecular weight is 444 g/mol. The van der Waals surface area contributed by atoms with Crippen LogP contribution in [0, 0.1) is 0 Å². The zero-order valence-electron chi connectivity index (χ0n) is 19.5. The number of methoxy groups -OCH3 is 2. The van der Waals surface area contributed by atoms with Crippen molar-refractivity contribution in [2.45, 2.75) is 45.3 Å². The van der Waals surface area contributed by atoms with Gasteiger partial charge in [0.05, 0.1) is 13.7 Å². The number of hydrogen-bond donors (Lipinski definition) is 0. The van der Waals surface area contributed by atoms with Gasteiger partial charge in [0.15, 0.2) is 0 Å². The first-order valence-corrected chi connectivity index (χ1v) is 10.6. The maximum Gasteiger partial charge on any atom is 0.412 e. The van der Waals surface area contributed by atoms with Gasteiger partial charge in [-0.05, 0) is 38.0 Å². The monoisotopic (exact) mass is 443 g/mol. The van der Waals surface area contributed by atoms with Crippen molar-refractivity contribution in [1.82, 2.24) is 4.90 Å². The van der Waals surface area contributed by atoms with E-state index in [1.165, 1.54) is 12.0 Å². The van der Waals surface area contributed by atoms with Gasteiger partial charge >= 0.3 is 12.1 Å². The van der Waals surface area contributed by atoms with E-state index in [1.807, 2.05) is 54.6 Å². The van der Waals surface area contributed by atoms with E-state index in [9.17, 15) is 9.59 Å². The standard InChI is InChI=1S/C25H33NO6/c1-25(2,3)32-24(28)26(18-29-4)21(17-19-11-7-6-8-12-19)23(27)31-16-15-20-13-9-10-14-22(20)30-5/h6-14,21H,15-18H2,1-5H3/t21-/m0/s1. The minimum Gasteiger partial charge on any atom is -0.496 e. The van der Waals surface area contributed by atoms with Gasteiger partial charge in [0.25, 0.3) is 0 Å². The number of esters is 1. The summed E-state index contributed by atoms with van der Waals surface area (Å²) < 4.78 is 21.7. The Morgan fingerprint density at radius 2 is 1.62 bits per heavy atom. The third-order valence-corrected chi connectivity index (χ3v) is 4.62. The molecule has 0 heterocycles. The zero-order chi connectivity index (χ0) is 23.6. The second-order valence-electron chi connectivity index (χ2n) is 8.30. The van der Waals surface area contributed by atoms with Gasteiger partial charge in [0, 0.05) is 20.0 Å². The molecule has 2 aromatic rings. The van der Waals surface area contributed by atoms with Crippen LogP contribution in [0.3, 0.4) is 0 Å². The lowest BCUT2D eigenvalue weighted by Crippen LogP contribution is -2.49. The van der Waals surface area contributed by atoms with Gasteiger partial charge in [0.1, 0.15) is 24.1 Å². The second-order valence-corrected chi connectivity index (χ2v) is 8.30. The molecule has 0 aromatic heterocycles. The smallest absolute Gasteiger partial charge is 0.412 e. The van der Waals surface area contributed by atoms with E-state index < -0.39 is 23.7 Å². The molecule has 0 radical (unpaired) electrons. The fourth-order valence-electron chi connectivity index (χ4n) is 3.15. The quantitative estimate of drug-likeness (QED) is 0.404. The molecular formula is C25H33NO6. The number of carbonyl (C=O) groups excluding carboxylic acids is 2. The van der Waals surface area contributed by atoms with E-state index in [1.54, 1.807) is 27.9 Å². The van der Waals surface area contributed by atoms with Crippen molar-refractivity contribution in [3.8, 4) is 5.75 Å². The summed E-state index contributed by atoms with van der Waals surface area (Å²) in [5.41, 5.74) is 1.11. The van der Waals surface area contributed by atoms with Crippen LogP contribution >= 0.6 is 0 Å². The summed E-state index contributed by atoms with van der Waals surface area (Å²) in [4.78, 5) is 27.3. The van der Waals surface area contributed by atoms with E-state index >= 15 is 0 Å². The maximum absolute atomic E-state index is 13.1. The van der Waals surface area contributed by atoms with Crippen molar-refractivity contribution in [1.29, 1.82) is 0 Å². The van der Waals surface area contributed by atoms with Gasteiger partial charge in [-0.1, -0.05) is 48.5 Å². The minimum atomic E-state index is -0.898. The van der Waals surface area contributed by atoms with Crippen LogP contribution in [0.2, 0.25) is 0 Å². The third kappa shape index (κ3) is 7.89. The molecule has 0 aliphatic heterocycles. The molecular weight excluding hydrogens is 410 g/mol. The molecule has 174 valence electrons. The highest BCUT2D eigenvalue weighted by molar-refractivity contribution is 5.82. The largest absolute Gasteiger partial charge is 0.496 e. The molecule has 7 nitrogen and oxygen atoms in total. The van der Waals surface area contributed by atoms with Crippen molar-refractivity contribution >= 4 is 12.1 Å². The maximum atomic E-state index is 13.1. The topological polar surface area (TPSA) is 74.3 Å². The Kier molecular flexibility index (Phi) is 9.53. The van der Waals surface area contributed by atoms with Crippen LogP contribution in [0.25, 0.3) is 0 Å². The Bertz CT molecular complexity index is 862. The Morgan fingerprint density at radius 3 is 2.25 bits per heavy atom. The highest BCUT2D eigenvalue weighted by atomic mass is 16.6. The van der Waals surface area contributed by atoms with Crippen molar-refractivity contribution in [2.24, 2.45) is 0 Å². The van der Waals surface area contributed by atoms with Crippen LogP contribution in [0.1, 0.15) is 31.9 Å². The molecule has 0 aliphatic rings. The first-order chi connectivity index (χ1) is 15.2. The van der Waals surface area contributed by atoms with Gasteiger partial charge in [0.2, 0.25) is 0 Å². The number of para-hydroxylation sites is 1. The average Bonchev–Trinajstić information content (AvgIpc) is 2.76. The molecule has 1 amide bonds. The zero-order valence-corrected chi connectivity index (χ0v) is 19.5. The van der Waals surface area contributed by atoms with Gasteiger partial charge in [-0.2, -0.15) is 0 Å². The molecule has 0 bridgehead atoms. The third-order valence-electron chi connectivity index (χ3n) is 4.62. The number of benzene rings is 2. The predicted octanol–water partition coefficient (Wildman–Crippen LogP) is 4.23. The lowest BCUT2D eigenvalue weighted by atomic mass is 10.1. The molecule has 0 fully saturated rings. The number of nitrogens with zero attached hydrogens (tertiary/aromatic N) is 1. The predicted molar refractivity (Wildman–Crippen MR) is 122 cm³/mol. The Morgan fingerprint density at radius 1 is 0.969 bits per heavy atom. The van der Waals surface area contributed by atoms with Crippen molar-refractivity contribution in [3.63, 3.8) is 0 Å². The highest BCUT2D eigenvalue weighted by Crippen LogP contribution is 2.19. The normalized spacial score (nSPS) is 12.0. The number of hydrogen-bond acceptors (Lipinski definition) is 6. The molecule has 32 heavy (non-hydrogen) atoms.